The molecule has 0 aliphatic carbocycles. The van der Waals surface area contributed by atoms with E-state index in [1.807, 2.05) is 79.9 Å². The molecule has 0 aromatic heterocycles. The largest absolute Gasteiger partial charge is 0.497 e. The van der Waals surface area contributed by atoms with E-state index in [0.29, 0.717) is 5.56 Å². The number of ether oxygens (including phenoxy) is 1. The van der Waals surface area contributed by atoms with E-state index in [9.17, 15) is 9.59 Å². The topological polar surface area (TPSA) is 70.4 Å². The molecule has 2 N–H and O–H groups in total. The molecule has 1 saturated heterocycles. The average Bonchev–Trinajstić information content (AvgIpc) is 3.09. The van der Waals surface area contributed by atoms with Crippen LogP contribution < -0.4 is 15.5 Å². The van der Waals surface area contributed by atoms with Crippen LogP contribution in [0, 0.1) is 6.92 Å². The number of nitrogens with zero attached hydrogens (tertiary/aromatic N) is 1. The molecule has 31 heavy (non-hydrogen) atoms. The van der Waals surface area contributed by atoms with Gasteiger partial charge in [0.15, 0.2) is 6.04 Å². The second-order valence-electron chi connectivity index (χ2n) is 7.46. The summed E-state index contributed by atoms with van der Waals surface area (Å²) in [6, 6.07) is 23.3. The van der Waals surface area contributed by atoms with Gasteiger partial charge in [0.25, 0.3) is 5.91 Å². The lowest BCUT2D eigenvalue weighted by Gasteiger charge is -2.15. The summed E-state index contributed by atoms with van der Waals surface area (Å²) in [6.07, 6.45) is 1.87. The number of carbonyl (C=O) groups is 2. The zero-order valence-corrected chi connectivity index (χ0v) is 17.4. The zero-order chi connectivity index (χ0) is 21.8. The van der Waals surface area contributed by atoms with Gasteiger partial charge in [-0.2, -0.15) is 0 Å². The van der Waals surface area contributed by atoms with E-state index in [1.54, 1.807) is 23.9 Å². The quantitative estimate of drug-likeness (QED) is 0.631. The Kier molecular flexibility index (Phi) is 5.80. The highest BCUT2D eigenvalue weighted by Crippen LogP contribution is 2.27. The summed E-state index contributed by atoms with van der Waals surface area (Å²) in [5.74, 6) is 0.165. The Morgan fingerprint density at radius 2 is 1.77 bits per heavy atom. The number of aryl methyl sites for hydroxylation is 1. The van der Waals surface area contributed by atoms with Gasteiger partial charge in [-0.3, -0.25) is 9.59 Å². The van der Waals surface area contributed by atoms with E-state index in [-0.39, 0.29) is 11.8 Å². The fourth-order valence-corrected chi connectivity index (χ4v) is 3.69. The fraction of sp³-hybridized carbons (Fsp3) is 0.160. The number of benzene rings is 3. The van der Waals surface area contributed by atoms with E-state index >= 15 is 0 Å². The minimum Gasteiger partial charge on any atom is -0.497 e. The summed E-state index contributed by atoms with van der Waals surface area (Å²) in [4.78, 5) is 25.8. The minimum absolute atomic E-state index is 0.269. The number of hydrazone groups is 1. The Hall–Kier alpha value is -3.93. The summed E-state index contributed by atoms with van der Waals surface area (Å²) < 4.78 is 7.01. The van der Waals surface area contributed by atoms with Gasteiger partial charge in [0.1, 0.15) is 5.75 Å². The Balaban J connectivity index is 1.70. The first-order chi connectivity index (χ1) is 15.0. The molecule has 0 spiro atoms. The van der Waals surface area contributed by atoms with Crippen molar-refractivity contribution in [2.75, 3.05) is 7.11 Å². The summed E-state index contributed by atoms with van der Waals surface area (Å²) in [6.45, 7) is 1.93. The zero-order valence-electron chi connectivity index (χ0n) is 17.4. The third-order valence-electron chi connectivity index (χ3n) is 5.25. The maximum absolute atomic E-state index is 12.9. The Morgan fingerprint density at radius 1 is 1.03 bits per heavy atom. The number of nitrogens with one attached hydrogen (secondary N) is 2. The molecule has 156 valence electrons. The predicted octanol–water partition coefficient (Wildman–Crippen LogP) is 3.02. The van der Waals surface area contributed by atoms with Gasteiger partial charge in [-0.15, -0.1) is 10.1 Å². The Morgan fingerprint density at radius 3 is 2.45 bits per heavy atom. The van der Waals surface area contributed by atoms with E-state index < -0.39 is 12.1 Å². The maximum atomic E-state index is 12.9. The van der Waals surface area contributed by atoms with Gasteiger partial charge in [-0.05, 0) is 55.5 Å². The third-order valence-corrected chi connectivity index (χ3v) is 5.25. The van der Waals surface area contributed by atoms with Crippen LogP contribution in [0.5, 0.6) is 5.75 Å². The van der Waals surface area contributed by atoms with Crippen LogP contribution in [0.2, 0.25) is 0 Å². The maximum Gasteiger partial charge on any atom is 0.304 e. The lowest BCUT2D eigenvalue weighted by atomic mass is 9.99. The summed E-state index contributed by atoms with van der Waals surface area (Å²) in [5.41, 5.74) is 6.20. The molecule has 0 radical (unpaired) electrons. The van der Waals surface area contributed by atoms with Crippen molar-refractivity contribution in [1.29, 1.82) is 0 Å². The van der Waals surface area contributed by atoms with Crippen LogP contribution in [-0.2, 0) is 4.79 Å². The number of hydrogen-bond donors (Lipinski definition) is 2. The highest BCUT2D eigenvalue weighted by Gasteiger charge is 2.47. The van der Waals surface area contributed by atoms with Crippen LogP contribution in [0.1, 0.15) is 33.1 Å². The van der Waals surface area contributed by atoms with Crippen LogP contribution in [0.15, 0.2) is 78.9 Å². The number of hydrogen-bond acceptors (Lipinski definition) is 3. The van der Waals surface area contributed by atoms with Crippen LogP contribution in [0.4, 0.5) is 0 Å². The number of carbonyl (C=O) groups excluding carboxylic acids is 2. The van der Waals surface area contributed by atoms with Crippen molar-refractivity contribution < 1.29 is 19.0 Å². The number of rotatable bonds is 5. The number of methoxy groups -OCH3 is 1. The predicted molar refractivity (Wildman–Crippen MR) is 118 cm³/mol. The van der Waals surface area contributed by atoms with Crippen molar-refractivity contribution in [2.24, 2.45) is 0 Å². The molecule has 0 unspecified atom stereocenters. The van der Waals surface area contributed by atoms with Crippen LogP contribution in [0.3, 0.4) is 0 Å². The Bertz CT molecular complexity index is 1120. The first kappa shape index (κ1) is 20.3. The van der Waals surface area contributed by atoms with Crippen molar-refractivity contribution in [3.05, 3.63) is 101 Å². The lowest BCUT2D eigenvalue weighted by molar-refractivity contribution is -0.596. The molecule has 1 aliphatic heterocycles. The monoisotopic (exact) mass is 414 g/mol. The van der Waals surface area contributed by atoms with Gasteiger partial charge in [0, 0.05) is 16.7 Å². The summed E-state index contributed by atoms with van der Waals surface area (Å²) in [7, 11) is 1.61. The second-order valence-corrected chi connectivity index (χ2v) is 7.46. The molecule has 1 aliphatic rings. The van der Waals surface area contributed by atoms with Crippen LogP contribution in [-0.4, -0.2) is 35.9 Å². The molecule has 0 saturated carbocycles. The molecule has 1 heterocycles. The van der Waals surface area contributed by atoms with Gasteiger partial charge in [-0.25, -0.2) is 0 Å². The molecule has 4 rings (SSSR count). The summed E-state index contributed by atoms with van der Waals surface area (Å²) in [5, 5.41) is 2.92. The van der Waals surface area contributed by atoms with Gasteiger partial charge in [0.2, 0.25) is 12.3 Å². The molecular formula is C25H24N3O3+. The molecule has 0 bridgehead atoms. The van der Waals surface area contributed by atoms with E-state index in [1.165, 1.54) is 0 Å². The van der Waals surface area contributed by atoms with Crippen molar-refractivity contribution in [3.8, 4) is 5.75 Å². The van der Waals surface area contributed by atoms with Gasteiger partial charge >= 0.3 is 5.91 Å². The first-order valence-electron chi connectivity index (χ1n) is 10.1. The normalized spacial score (nSPS) is 19.2. The molecule has 6 heteroatoms. The molecule has 1 fully saturated rings. The van der Waals surface area contributed by atoms with Crippen LogP contribution >= 0.6 is 0 Å². The Labute approximate surface area is 181 Å². The van der Waals surface area contributed by atoms with Crippen molar-refractivity contribution in [1.82, 2.24) is 10.7 Å². The van der Waals surface area contributed by atoms with E-state index in [2.05, 4.69) is 10.7 Å². The third kappa shape index (κ3) is 4.48. The van der Waals surface area contributed by atoms with E-state index in [4.69, 9.17) is 4.74 Å². The highest BCUT2D eigenvalue weighted by molar-refractivity contribution is 5.98. The molecule has 6 nitrogen and oxygen atoms in total. The highest BCUT2D eigenvalue weighted by atomic mass is 16.5. The van der Waals surface area contributed by atoms with Gasteiger partial charge < -0.3 is 10.1 Å². The number of hydrazine groups is 1. The second kappa shape index (κ2) is 8.83. The van der Waals surface area contributed by atoms with Crippen LogP contribution in [0.25, 0.3) is 0 Å². The fourth-order valence-electron chi connectivity index (χ4n) is 3.69. The minimum atomic E-state index is -0.763. The van der Waals surface area contributed by atoms with Crippen molar-refractivity contribution >= 4 is 18.0 Å². The first-order valence-corrected chi connectivity index (χ1v) is 10.1. The van der Waals surface area contributed by atoms with Gasteiger partial charge in [-0.1, -0.05) is 35.9 Å². The van der Waals surface area contributed by atoms with Crippen molar-refractivity contribution in [2.45, 2.75) is 19.0 Å². The van der Waals surface area contributed by atoms with Gasteiger partial charge in [0.05, 0.1) is 7.11 Å². The lowest BCUT2D eigenvalue weighted by Crippen LogP contribution is -2.42. The SMILES string of the molecule is COc1ccc([C@H]2[C@@H](NC(=O)c3cccc(C)c3)C(=O)N/[N+]2=C\c2ccccc2)cc1. The van der Waals surface area contributed by atoms with E-state index in [0.717, 1.165) is 22.4 Å². The molecule has 2 amide bonds. The van der Waals surface area contributed by atoms with Crippen molar-refractivity contribution in [3.63, 3.8) is 0 Å². The molecular weight excluding hydrogens is 390 g/mol. The molecule has 3 aromatic rings. The number of amides is 2. The molecule has 3 aromatic carbocycles. The average molecular weight is 414 g/mol. The smallest absolute Gasteiger partial charge is 0.304 e. The standard InChI is InChI=1S/C25H23N3O3/c1-17-7-6-10-20(15-17)24(29)26-22-23(19-11-13-21(31-2)14-12-19)28(27-25(22)30)16-18-8-4-3-5-9-18/h3-16,22-23H,1-2H3,(H-,26,27,29,30)/p+1/b28-16-/t22-,23+/m1/s1. The molecule has 2 atom stereocenters. The summed E-state index contributed by atoms with van der Waals surface area (Å²) >= 11 is 0.